The molecule has 0 unspecified atom stereocenters. The Labute approximate surface area is 86.7 Å². The number of hydrogen-bond donors (Lipinski definition) is 0. The van der Waals surface area contributed by atoms with Gasteiger partial charge in [0.25, 0.3) is 0 Å². The summed E-state index contributed by atoms with van der Waals surface area (Å²) in [5, 5.41) is 18.3. The fourth-order valence-electron chi connectivity index (χ4n) is 0.320. The van der Waals surface area contributed by atoms with Gasteiger partial charge >= 0.3 is 35.5 Å². The van der Waals surface area contributed by atoms with Crippen molar-refractivity contribution in [2.45, 2.75) is 6.92 Å². The predicted octanol–water partition coefficient (Wildman–Crippen LogP) is -3.68. The molecule has 0 aliphatic heterocycles. The predicted molar refractivity (Wildman–Crippen MR) is 30.3 cm³/mol. The van der Waals surface area contributed by atoms with Crippen molar-refractivity contribution in [1.82, 2.24) is 0 Å². The molecule has 4 nitrogen and oxygen atoms in total. The van der Waals surface area contributed by atoms with E-state index in [1.54, 1.807) is 6.92 Å². The summed E-state index contributed by atoms with van der Waals surface area (Å²) in [6.45, 7) is 1.72. The van der Waals surface area contributed by atoms with E-state index in [-0.39, 0.29) is 36.2 Å². The van der Waals surface area contributed by atoms with Crippen LogP contribution in [0.15, 0.2) is 11.8 Å². The van der Waals surface area contributed by atoms with E-state index in [1.807, 2.05) is 0 Å². The second kappa shape index (κ2) is 7.61. The Morgan fingerprint density at radius 2 is 2.36 bits per heavy atom. The van der Waals surface area contributed by atoms with Crippen molar-refractivity contribution in [1.29, 1.82) is 5.26 Å². The van der Waals surface area contributed by atoms with Crippen LogP contribution in [0, 0.1) is 11.3 Å². The number of nitrogens with zero attached hydrogens (tertiary/aromatic N) is 1. The average molecular weight is 163 g/mol. The molecule has 0 aliphatic carbocycles. The fraction of sp³-hybridized carbons (Fsp3) is 0.333. The van der Waals surface area contributed by atoms with Gasteiger partial charge < -0.3 is 9.84 Å². The molecule has 54 valence electrons. The Morgan fingerprint density at radius 3 is 2.73 bits per heavy atom. The third kappa shape index (κ3) is 5.92. The van der Waals surface area contributed by atoms with Crippen LogP contribution in [0.5, 0.6) is 0 Å². The van der Waals surface area contributed by atoms with Crippen LogP contribution in [0.2, 0.25) is 0 Å². The molecule has 0 radical (unpaired) electrons. The third-order valence-electron chi connectivity index (χ3n) is 0.672. The van der Waals surface area contributed by atoms with Gasteiger partial charge in [-0.2, -0.15) is 5.26 Å². The minimum Gasteiger partial charge on any atom is -0.867 e. The molecule has 0 aromatic heterocycles. The fourth-order valence-corrected chi connectivity index (χ4v) is 0.320. The molecule has 5 heteroatoms. The number of carbonyl (C=O) groups is 1. The molecule has 11 heavy (non-hydrogen) atoms. The topological polar surface area (TPSA) is 73.2 Å². The molecule has 0 aromatic carbocycles. The zero-order chi connectivity index (χ0) is 7.98. The van der Waals surface area contributed by atoms with Gasteiger partial charge in [0.1, 0.15) is 0 Å². The zero-order valence-corrected chi connectivity index (χ0v) is 8.46. The third-order valence-corrected chi connectivity index (χ3v) is 0.672. The maximum absolute atomic E-state index is 10.4. The van der Waals surface area contributed by atoms with Crippen LogP contribution in [0.3, 0.4) is 0 Å². The van der Waals surface area contributed by atoms with E-state index < -0.39 is 11.7 Å². The summed E-state index contributed by atoms with van der Waals surface area (Å²) in [7, 11) is 0. The van der Waals surface area contributed by atoms with Crippen molar-refractivity contribution < 1.29 is 44.2 Å². The van der Waals surface area contributed by atoms with Gasteiger partial charge in [-0.15, -0.1) is 0 Å². The zero-order valence-electron chi connectivity index (χ0n) is 6.46. The first-order chi connectivity index (χ1) is 4.72. The monoisotopic (exact) mass is 163 g/mol. The molecule has 0 rings (SSSR count). The minimum atomic E-state index is -0.982. The standard InChI is InChI=1S/C6H7NO3.Na/c1-2-10-6(9)5(8)3-4-7;/h3,8H,2H2,1H3;/q;+1/p-1. The Hall–Kier alpha value is -0.500. The van der Waals surface area contributed by atoms with Crippen LogP contribution in [-0.2, 0) is 9.53 Å². The number of carbonyl (C=O) groups excluding carboxylic acids is 1. The summed E-state index contributed by atoms with van der Waals surface area (Å²) >= 11 is 0. The molecular weight excluding hydrogens is 157 g/mol. The van der Waals surface area contributed by atoms with E-state index in [9.17, 15) is 9.90 Å². The average Bonchev–Trinajstić information content (AvgIpc) is 1.89. The van der Waals surface area contributed by atoms with Crippen molar-refractivity contribution in [3.05, 3.63) is 11.8 Å². The minimum absolute atomic E-state index is 0. The quantitative estimate of drug-likeness (QED) is 0.138. The molecular formula is C6H6NNaO3. The molecule has 0 saturated heterocycles. The molecule has 0 fully saturated rings. The summed E-state index contributed by atoms with van der Waals surface area (Å²) in [5.74, 6) is -1.90. The van der Waals surface area contributed by atoms with Gasteiger partial charge in [0.15, 0.2) is 0 Å². The van der Waals surface area contributed by atoms with Crippen LogP contribution in [0.4, 0.5) is 0 Å². The SMILES string of the molecule is CCOC(=O)C([O-])=CC#N.[Na+]. The number of esters is 1. The van der Waals surface area contributed by atoms with Crippen molar-refractivity contribution in [2.75, 3.05) is 6.61 Å². The van der Waals surface area contributed by atoms with Gasteiger partial charge in [-0.25, -0.2) is 4.79 Å². The van der Waals surface area contributed by atoms with E-state index in [0.29, 0.717) is 6.08 Å². The first-order valence-electron chi connectivity index (χ1n) is 2.66. The first-order valence-corrected chi connectivity index (χ1v) is 2.66. The summed E-state index contributed by atoms with van der Waals surface area (Å²) in [4.78, 5) is 10.4. The van der Waals surface area contributed by atoms with Gasteiger partial charge in [-0.05, 0) is 12.7 Å². The van der Waals surface area contributed by atoms with Crippen molar-refractivity contribution in [3.63, 3.8) is 0 Å². The Bertz CT molecular complexity index is 194. The van der Waals surface area contributed by atoms with Crippen LogP contribution >= 0.6 is 0 Å². The van der Waals surface area contributed by atoms with Crippen LogP contribution in [-0.4, -0.2) is 12.6 Å². The Kier molecular flexibility index (Phi) is 9.07. The number of hydrogen-bond acceptors (Lipinski definition) is 4. The first kappa shape index (κ1) is 13.1. The van der Waals surface area contributed by atoms with Crippen molar-refractivity contribution in [2.24, 2.45) is 0 Å². The smallest absolute Gasteiger partial charge is 0.867 e. The van der Waals surface area contributed by atoms with Gasteiger partial charge in [0.2, 0.25) is 0 Å². The molecule has 0 heterocycles. The number of allylic oxidation sites excluding steroid dienone is 1. The molecule has 0 aromatic rings. The van der Waals surface area contributed by atoms with Crippen molar-refractivity contribution in [3.8, 4) is 6.07 Å². The molecule has 0 spiro atoms. The largest absolute Gasteiger partial charge is 1.00 e. The van der Waals surface area contributed by atoms with Crippen LogP contribution < -0.4 is 34.7 Å². The van der Waals surface area contributed by atoms with E-state index in [4.69, 9.17) is 5.26 Å². The van der Waals surface area contributed by atoms with Gasteiger partial charge in [0.05, 0.1) is 12.7 Å². The number of nitriles is 1. The van der Waals surface area contributed by atoms with Crippen molar-refractivity contribution >= 4 is 5.97 Å². The molecule has 0 atom stereocenters. The summed E-state index contributed by atoms with van der Waals surface area (Å²) in [6, 6.07) is 1.43. The summed E-state index contributed by atoms with van der Waals surface area (Å²) in [6.07, 6.45) is 0.609. The van der Waals surface area contributed by atoms with Gasteiger partial charge in [-0.3, -0.25) is 0 Å². The number of rotatable bonds is 2. The Balaban J connectivity index is 0. The second-order valence-corrected chi connectivity index (χ2v) is 1.36. The summed E-state index contributed by atoms with van der Waals surface area (Å²) in [5.41, 5.74) is 0. The number of ether oxygens (including phenoxy) is 1. The van der Waals surface area contributed by atoms with E-state index in [1.165, 1.54) is 6.07 Å². The molecule has 0 N–H and O–H groups in total. The summed E-state index contributed by atoms with van der Waals surface area (Å²) < 4.78 is 4.29. The normalized spacial score (nSPS) is 9.27. The Morgan fingerprint density at radius 1 is 1.82 bits per heavy atom. The molecule has 0 saturated carbocycles. The maximum Gasteiger partial charge on any atom is 1.00 e. The van der Waals surface area contributed by atoms with Crippen LogP contribution in [0.25, 0.3) is 0 Å². The van der Waals surface area contributed by atoms with E-state index >= 15 is 0 Å². The van der Waals surface area contributed by atoms with E-state index in [0.717, 1.165) is 0 Å². The second-order valence-electron chi connectivity index (χ2n) is 1.36. The molecule has 0 amide bonds. The molecule has 0 bridgehead atoms. The molecule has 0 aliphatic rings. The van der Waals surface area contributed by atoms with Crippen LogP contribution in [0.1, 0.15) is 6.92 Å². The van der Waals surface area contributed by atoms with E-state index in [2.05, 4.69) is 4.74 Å². The van der Waals surface area contributed by atoms with Gasteiger partial charge in [-0.1, -0.05) is 0 Å². The van der Waals surface area contributed by atoms with Gasteiger partial charge in [0, 0.05) is 6.08 Å². The maximum atomic E-state index is 10.4.